The van der Waals surface area contributed by atoms with Gasteiger partial charge in [-0.25, -0.2) is 4.79 Å². The number of benzene rings is 1. The maximum absolute atomic E-state index is 11.8. The van der Waals surface area contributed by atoms with E-state index in [0.717, 1.165) is 10.6 Å². The molecule has 1 atom stereocenters. The second-order valence-electron chi connectivity index (χ2n) is 4.06. The zero-order valence-electron chi connectivity index (χ0n) is 10.6. The summed E-state index contributed by atoms with van der Waals surface area (Å²) in [4.78, 5) is 26.0. The van der Waals surface area contributed by atoms with Crippen molar-refractivity contribution in [3.8, 4) is 0 Å². The minimum absolute atomic E-state index is 0.0800. The van der Waals surface area contributed by atoms with Crippen molar-refractivity contribution in [2.24, 2.45) is 0 Å². The molecule has 1 aromatic rings. The van der Waals surface area contributed by atoms with Crippen LogP contribution >= 0.6 is 11.8 Å². The summed E-state index contributed by atoms with van der Waals surface area (Å²) >= 11 is 1.47. The van der Waals surface area contributed by atoms with Gasteiger partial charge in [0, 0.05) is 11.9 Å². The molecule has 0 saturated carbocycles. The molecule has 0 bridgehead atoms. The lowest BCUT2D eigenvalue weighted by atomic mass is 10.2. The first kappa shape index (κ1) is 13.0. The number of thioether (sulfide) groups is 1. The fourth-order valence-electron chi connectivity index (χ4n) is 1.86. The molecule has 18 heavy (non-hydrogen) atoms. The van der Waals surface area contributed by atoms with Crippen molar-refractivity contribution in [1.82, 2.24) is 0 Å². The normalized spacial score (nSPS) is 18.5. The molecule has 1 amide bonds. The van der Waals surface area contributed by atoms with Crippen molar-refractivity contribution in [1.29, 1.82) is 0 Å². The Balaban J connectivity index is 2.36. The Morgan fingerprint density at radius 2 is 2.22 bits per heavy atom. The van der Waals surface area contributed by atoms with Crippen molar-refractivity contribution < 1.29 is 14.3 Å². The second-order valence-corrected chi connectivity index (χ2v) is 5.44. The van der Waals surface area contributed by atoms with Crippen LogP contribution in [0.3, 0.4) is 0 Å². The highest BCUT2D eigenvalue weighted by molar-refractivity contribution is 8.01. The predicted octanol–water partition coefficient (Wildman–Crippen LogP) is 2.32. The average molecular weight is 265 g/mol. The van der Waals surface area contributed by atoms with Crippen LogP contribution in [0.4, 0.5) is 5.69 Å². The summed E-state index contributed by atoms with van der Waals surface area (Å²) in [5.41, 5.74) is 1.37. The number of hydrogen-bond acceptors (Lipinski definition) is 4. The van der Waals surface area contributed by atoms with E-state index >= 15 is 0 Å². The highest BCUT2D eigenvalue weighted by Crippen LogP contribution is 2.38. The van der Waals surface area contributed by atoms with Gasteiger partial charge in [0.05, 0.1) is 23.1 Å². The quantitative estimate of drug-likeness (QED) is 0.770. The first-order valence-electron chi connectivity index (χ1n) is 5.80. The number of rotatable bonds is 2. The number of carbonyl (C=O) groups is 2. The molecule has 0 N–H and O–H groups in total. The molecule has 1 heterocycles. The van der Waals surface area contributed by atoms with Crippen LogP contribution < -0.4 is 4.90 Å². The molecule has 2 rings (SSSR count). The highest BCUT2D eigenvalue weighted by atomic mass is 32.2. The van der Waals surface area contributed by atoms with Crippen LogP contribution in [0, 0.1) is 0 Å². The fourth-order valence-corrected chi connectivity index (χ4v) is 3.02. The van der Waals surface area contributed by atoms with E-state index in [-0.39, 0.29) is 17.1 Å². The number of esters is 1. The van der Waals surface area contributed by atoms with Crippen LogP contribution in [-0.4, -0.2) is 30.8 Å². The zero-order valence-corrected chi connectivity index (χ0v) is 11.4. The molecule has 1 aliphatic rings. The largest absolute Gasteiger partial charge is 0.462 e. The summed E-state index contributed by atoms with van der Waals surface area (Å²) in [5, 5.41) is -0.125. The Morgan fingerprint density at radius 1 is 1.50 bits per heavy atom. The molecule has 0 radical (unpaired) electrons. The fraction of sp³-hybridized carbons (Fsp3) is 0.385. The van der Waals surface area contributed by atoms with E-state index in [1.54, 1.807) is 37.1 Å². The zero-order chi connectivity index (χ0) is 13.3. The minimum atomic E-state index is -0.326. The van der Waals surface area contributed by atoms with Gasteiger partial charge in [0.15, 0.2) is 0 Å². The summed E-state index contributed by atoms with van der Waals surface area (Å²) in [7, 11) is 1.75. The first-order chi connectivity index (χ1) is 8.54. The van der Waals surface area contributed by atoms with Crippen LogP contribution in [0.1, 0.15) is 24.2 Å². The van der Waals surface area contributed by atoms with Crippen LogP contribution in [-0.2, 0) is 9.53 Å². The van der Waals surface area contributed by atoms with Gasteiger partial charge in [-0.05, 0) is 32.0 Å². The van der Waals surface area contributed by atoms with E-state index in [9.17, 15) is 9.59 Å². The molecule has 1 aromatic carbocycles. The van der Waals surface area contributed by atoms with Gasteiger partial charge in [0.2, 0.25) is 5.91 Å². The molecule has 4 nitrogen and oxygen atoms in total. The van der Waals surface area contributed by atoms with Crippen molar-refractivity contribution in [3.05, 3.63) is 23.8 Å². The number of hydrogen-bond donors (Lipinski definition) is 0. The molecule has 1 unspecified atom stereocenters. The summed E-state index contributed by atoms with van der Waals surface area (Å²) < 4.78 is 4.97. The minimum Gasteiger partial charge on any atom is -0.462 e. The predicted molar refractivity (Wildman–Crippen MR) is 71.1 cm³/mol. The summed E-state index contributed by atoms with van der Waals surface area (Å²) in [5.74, 6) is -0.246. The lowest BCUT2D eigenvalue weighted by Crippen LogP contribution is -2.36. The third-order valence-corrected chi connectivity index (χ3v) is 3.95. The van der Waals surface area contributed by atoms with Gasteiger partial charge in [0.25, 0.3) is 0 Å². The summed E-state index contributed by atoms with van der Waals surface area (Å²) in [6.45, 7) is 4.00. The van der Waals surface area contributed by atoms with Gasteiger partial charge in [-0.3, -0.25) is 4.79 Å². The van der Waals surface area contributed by atoms with Gasteiger partial charge in [0.1, 0.15) is 0 Å². The number of fused-ring (bicyclic) bond motifs is 1. The van der Waals surface area contributed by atoms with Crippen LogP contribution in [0.25, 0.3) is 0 Å². The van der Waals surface area contributed by atoms with E-state index in [1.165, 1.54) is 11.8 Å². The van der Waals surface area contributed by atoms with E-state index in [4.69, 9.17) is 4.74 Å². The highest BCUT2D eigenvalue weighted by Gasteiger charge is 2.28. The molecule has 5 heteroatoms. The first-order valence-corrected chi connectivity index (χ1v) is 6.68. The van der Waals surface area contributed by atoms with E-state index in [2.05, 4.69) is 0 Å². The second kappa shape index (κ2) is 5.02. The maximum atomic E-state index is 11.8. The molecule has 0 fully saturated rings. The molecule has 96 valence electrons. The Labute approximate surface area is 110 Å². The van der Waals surface area contributed by atoms with Gasteiger partial charge in [-0.15, -0.1) is 11.8 Å². The Kier molecular flexibility index (Phi) is 3.61. The number of anilines is 1. The standard InChI is InChI=1S/C13H15NO3S/c1-4-17-13(16)9-5-6-10-11(7-9)18-8(2)12(15)14(10)3/h5-8H,4H2,1-3H3. The van der Waals surface area contributed by atoms with Crippen LogP contribution in [0.2, 0.25) is 0 Å². The van der Waals surface area contributed by atoms with Crippen LogP contribution in [0.15, 0.2) is 23.1 Å². The van der Waals surface area contributed by atoms with Crippen molar-refractivity contribution in [3.63, 3.8) is 0 Å². The van der Waals surface area contributed by atoms with Crippen molar-refractivity contribution in [2.45, 2.75) is 24.0 Å². The molecule has 0 saturated heterocycles. The van der Waals surface area contributed by atoms with E-state index in [1.807, 2.05) is 6.92 Å². The smallest absolute Gasteiger partial charge is 0.338 e. The van der Waals surface area contributed by atoms with Gasteiger partial charge in [-0.2, -0.15) is 0 Å². The molecular weight excluding hydrogens is 250 g/mol. The van der Waals surface area contributed by atoms with Gasteiger partial charge < -0.3 is 9.64 Å². The molecular formula is C13H15NO3S. The topological polar surface area (TPSA) is 46.6 Å². The van der Waals surface area contributed by atoms with E-state index in [0.29, 0.717) is 12.2 Å². The lowest BCUT2D eigenvalue weighted by molar-refractivity contribution is -0.117. The van der Waals surface area contributed by atoms with Crippen molar-refractivity contribution >= 4 is 29.3 Å². The Morgan fingerprint density at radius 3 is 2.89 bits per heavy atom. The molecule has 0 spiro atoms. The van der Waals surface area contributed by atoms with Gasteiger partial charge in [-0.1, -0.05) is 0 Å². The Bertz CT molecular complexity index is 501. The number of carbonyl (C=O) groups excluding carboxylic acids is 2. The third-order valence-electron chi connectivity index (χ3n) is 2.81. The van der Waals surface area contributed by atoms with Crippen molar-refractivity contribution in [2.75, 3.05) is 18.6 Å². The lowest BCUT2D eigenvalue weighted by Gasteiger charge is -2.29. The Hall–Kier alpha value is -1.49. The van der Waals surface area contributed by atoms with Crippen LogP contribution in [0.5, 0.6) is 0 Å². The summed E-state index contributed by atoms with van der Waals surface area (Å²) in [6, 6.07) is 5.27. The molecule has 0 aromatic heterocycles. The van der Waals surface area contributed by atoms with E-state index < -0.39 is 0 Å². The SMILES string of the molecule is CCOC(=O)c1ccc2c(c1)SC(C)C(=O)N2C. The summed E-state index contributed by atoms with van der Waals surface area (Å²) in [6.07, 6.45) is 0. The average Bonchev–Trinajstić information content (AvgIpc) is 2.36. The number of ether oxygens (including phenoxy) is 1. The number of amides is 1. The monoisotopic (exact) mass is 265 g/mol. The van der Waals surface area contributed by atoms with Gasteiger partial charge >= 0.3 is 5.97 Å². The molecule has 0 aliphatic carbocycles. The maximum Gasteiger partial charge on any atom is 0.338 e. The third kappa shape index (κ3) is 2.22. The molecule has 1 aliphatic heterocycles. The number of nitrogens with zero attached hydrogens (tertiary/aromatic N) is 1.